The van der Waals surface area contributed by atoms with Crippen LogP contribution in [0.3, 0.4) is 0 Å². The molecule has 0 aliphatic rings. The van der Waals surface area contributed by atoms with E-state index in [0.29, 0.717) is 17.0 Å². The molecule has 0 bridgehead atoms. The summed E-state index contributed by atoms with van der Waals surface area (Å²) in [5.41, 5.74) is 4.07. The number of para-hydroxylation sites is 2. The molecule has 1 N–H and O–H groups in total. The minimum absolute atomic E-state index is 0.148. The lowest BCUT2D eigenvalue weighted by atomic mass is 10.1. The first-order chi connectivity index (χ1) is 15.7. The van der Waals surface area contributed by atoms with E-state index >= 15 is 0 Å². The summed E-state index contributed by atoms with van der Waals surface area (Å²) in [6.07, 6.45) is 0.284. The molecule has 0 fully saturated rings. The van der Waals surface area contributed by atoms with Crippen molar-refractivity contribution in [2.75, 3.05) is 11.1 Å². The Morgan fingerprint density at radius 3 is 2.59 bits per heavy atom. The normalized spacial score (nSPS) is 10.5. The number of hydrogen-bond acceptors (Lipinski definition) is 5. The molecule has 4 rings (SSSR count). The quantitative estimate of drug-likeness (QED) is 0.398. The lowest BCUT2D eigenvalue weighted by Crippen LogP contribution is -2.13. The van der Waals surface area contributed by atoms with Crippen LogP contribution in [0.15, 0.2) is 84.0 Å². The number of carbonyl (C=O) groups excluding carboxylic acids is 1. The Morgan fingerprint density at radius 2 is 1.81 bits per heavy atom. The molecule has 0 atom stereocenters. The van der Waals surface area contributed by atoms with E-state index in [2.05, 4.69) is 27.6 Å². The zero-order chi connectivity index (χ0) is 22.3. The lowest BCUT2D eigenvalue weighted by molar-refractivity contribution is -0.115. The number of rotatable bonds is 7. The van der Waals surface area contributed by atoms with Crippen molar-refractivity contribution >= 4 is 23.4 Å². The Labute approximate surface area is 190 Å². The Morgan fingerprint density at radius 1 is 1.03 bits per heavy atom. The fourth-order valence-corrected chi connectivity index (χ4v) is 4.17. The summed E-state index contributed by atoms with van der Waals surface area (Å²) >= 11 is 1.47. The number of benzene rings is 3. The molecule has 0 saturated carbocycles. The van der Waals surface area contributed by atoms with Crippen LogP contribution in [-0.2, 0) is 4.79 Å². The first-order valence-corrected chi connectivity index (χ1v) is 11.1. The minimum Gasteiger partial charge on any atom is -0.325 e. The lowest BCUT2D eigenvalue weighted by Gasteiger charge is -2.11. The maximum atomic E-state index is 12.4. The predicted molar refractivity (Wildman–Crippen MR) is 127 cm³/mol. The van der Waals surface area contributed by atoms with Crippen molar-refractivity contribution in [1.29, 1.82) is 5.26 Å². The largest absolute Gasteiger partial charge is 0.325 e. The van der Waals surface area contributed by atoms with Crippen LogP contribution in [0.25, 0.3) is 17.1 Å². The Bertz CT molecular complexity index is 1280. The summed E-state index contributed by atoms with van der Waals surface area (Å²) in [6.45, 7) is 2.05. The SMILES string of the molecule is Cc1cccc(-c2nnc(SCCC(=O)Nc3ccccc3C#N)n2-c2ccccc2)c1. The van der Waals surface area contributed by atoms with Crippen LogP contribution in [0, 0.1) is 18.3 Å². The average molecular weight is 440 g/mol. The van der Waals surface area contributed by atoms with E-state index < -0.39 is 0 Å². The number of carbonyl (C=O) groups is 1. The number of aryl methyl sites for hydroxylation is 1. The molecule has 6 nitrogen and oxygen atoms in total. The van der Waals surface area contributed by atoms with Gasteiger partial charge in [-0.25, -0.2) is 0 Å². The molecule has 0 aliphatic carbocycles. The second-order valence-corrected chi connectivity index (χ2v) is 8.21. The molecule has 7 heteroatoms. The molecule has 158 valence electrons. The topological polar surface area (TPSA) is 83.6 Å². The van der Waals surface area contributed by atoms with Crippen LogP contribution in [0.5, 0.6) is 0 Å². The van der Waals surface area contributed by atoms with Gasteiger partial charge in [-0.2, -0.15) is 5.26 Å². The smallest absolute Gasteiger partial charge is 0.225 e. The molecule has 0 radical (unpaired) electrons. The summed E-state index contributed by atoms with van der Waals surface area (Å²) in [6, 6.07) is 27.2. The Kier molecular flexibility index (Phi) is 6.63. The molecule has 0 unspecified atom stereocenters. The molecule has 0 saturated heterocycles. The van der Waals surface area contributed by atoms with E-state index in [1.165, 1.54) is 11.8 Å². The van der Waals surface area contributed by atoms with Gasteiger partial charge in [-0.05, 0) is 37.3 Å². The van der Waals surface area contributed by atoms with Gasteiger partial charge in [0.2, 0.25) is 5.91 Å². The summed E-state index contributed by atoms with van der Waals surface area (Å²) < 4.78 is 2.02. The van der Waals surface area contributed by atoms with E-state index in [1.54, 1.807) is 24.3 Å². The van der Waals surface area contributed by atoms with Crippen LogP contribution in [0.4, 0.5) is 5.69 Å². The monoisotopic (exact) mass is 439 g/mol. The number of amides is 1. The fraction of sp³-hybridized carbons (Fsp3) is 0.120. The average Bonchev–Trinajstić information content (AvgIpc) is 3.24. The molecule has 1 aromatic heterocycles. The highest BCUT2D eigenvalue weighted by atomic mass is 32.2. The first-order valence-electron chi connectivity index (χ1n) is 10.2. The van der Waals surface area contributed by atoms with Crippen molar-refractivity contribution < 1.29 is 4.79 Å². The summed E-state index contributed by atoms with van der Waals surface area (Å²) in [5.74, 6) is 1.14. The standard InChI is InChI=1S/C25H21N5OS/c1-18-8-7-10-19(16-18)24-28-29-25(30(24)21-11-3-2-4-12-21)32-15-14-23(31)27-22-13-6-5-9-20(22)17-26/h2-13,16H,14-15H2,1H3,(H,27,31). The number of aromatic nitrogens is 3. The zero-order valence-electron chi connectivity index (χ0n) is 17.5. The van der Waals surface area contributed by atoms with Crippen LogP contribution in [0.2, 0.25) is 0 Å². The number of thioether (sulfide) groups is 1. The highest BCUT2D eigenvalue weighted by Crippen LogP contribution is 2.28. The van der Waals surface area contributed by atoms with Crippen LogP contribution in [0.1, 0.15) is 17.5 Å². The molecule has 3 aromatic carbocycles. The van der Waals surface area contributed by atoms with Gasteiger partial charge in [0.15, 0.2) is 11.0 Å². The van der Waals surface area contributed by atoms with Gasteiger partial charge < -0.3 is 5.32 Å². The number of anilines is 1. The Balaban J connectivity index is 1.51. The maximum Gasteiger partial charge on any atom is 0.225 e. The Hall–Kier alpha value is -3.89. The van der Waals surface area contributed by atoms with Crippen LogP contribution < -0.4 is 5.32 Å². The van der Waals surface area contributed by atoms with E-state index in [0.717, 1.165) is 27.8 Å². The number of nitrogens with zero attached hydrogens (tertiary/aromatic N) is 4. The van der Waals surface area contributed by atoms with Gasteiger partial charge in [-0.3, -0.25) is 9.36 Å². The molecule has 1 heterocycles. The van der Waals surface area contributed by atoms with Gasteiger partial charge in [0, 0.05) is 23.4 Å². The van der Waals surface area contributed by atoms with Gasteiger partial charge in [0.05, 0.1) is 11.3 Å². The van der Waals surface area contributed by atoms with Crippen molar-refractivity contribution in [3.8, 4) is 23.1 Å². The van der Waals surface area contributed by atoms with Crippen molar-refractivity contribution in [2.24, 2.45) is 0 Å². The van der Waals surface area contributed by atoms with E-state index in [-0.39, 0.29) is 12.3 Å². The van der Waals surface area contributed by atoms with Gasteiger partial charge in [-0.15, -0.1) is 10.2 Å². The zero-order valence-corrected chi connectivity index (χ0v) is 18.3. The highest BCUT2D eigenvalue weighted by molar-refractivity contribution is 7.99. The number of nitriles is 1. The van der Waals surface area contributed by atoms with Crippen LogP contribution >= 0.6 is 11.8 Å². The molecular weight excluding hydrogens is 418 g/mol. The number of nitrogens with one attached hydrogen (secondary N) is 1. The summed E-state index contributed by atoms with van der Waals surface area (Å²) in [7, 11) is 0. The van der Waals surface area contributed by atoms with Crippen molar-refractivity contribution in [3.05, 3.63) is 90.0 Å². The van der Waals surface area contributed by atoms with Gasteiger partial charge in [0.1, 0.15) is 6.07 Å². The molecule has 1 amide bonds. The molecule has 4 aromatic rings. The van der Waals surface area contributed by atoms with Crippen LogP contribution in [-0.4, -0.2) is 26.4 Å². The van der Waals surface area contributed by atoms with E-state index in [9.17, 15) is 10.1 Å². The van der Waals surface area contributed by atoms with E-state index in [1.807, 2.05) is 60.0 Å². The third-order valence-electron chi connectivity index (χ3n) is 4.81. The van der Waals surface area contributed by atoms with E-state index in [4.69, 9.17) is 0 Å². The third-order valence-corrected chi connectivity index (χ3v) is 5.74. The third kappa shape index (κ3) is 4.88. The van der Waals surface area contributed by atoms with Crippen molar-refractivity contribution in [1.82, 2.24) is 14.8 Å². The molecular formula is C25H21N5OS. The second-order valence-electron chi connectivity index (χ2n) is 7.15. The summed E-state index contributed by atoms with van der Waals surface area (Å²) in [4.78, 5) is 12.4. The molecule has 0 aliphatic heterocycles. The summed E-state index contributed by atoms with van der Waals surface area (Å²) in [5, 5.41) is 21.6. The minimum atomic E-state index is -0.148. The first kappa shape index (κ1) is 21.3. The van der Waals surface area contributed by atoms with Gasteiger partial charge in [-0.1, -0.05) is 65.9 Å². The second kappa shape index (κ2) is 9.94. The molecule has 0 spiro atoms. The van der Waals surface area contributed by atoms with Crippen molar-refractivity contribution in [2.45, 2.75) is 18.5 Å². The fourth-order valence-electron chi connectivity index (χ4n) is 3.28. The highest BCUT2D eigenvalue weighted by Gasteiger charge is 2.17. The van der Waals surface area contributed by atoms with Gasteiger partial charge >= 0.3 is 0 Å². The van der Waals surface area contributed by atoms with Crippen molar-refractivity contribution in [3.63, 3.8) is 0 Å². The predicted octanol–water partition coefficient (Wildman–Crippen LogP) is 5.24. The van der Waals surface area contributed by atoms with Gasteiger partial charge in [0.25, 0.3) is 0 Å². The molecule has 32 heavy (non-hydrogen) atoms. The number of hydrogen-bond donors (Lipinski definition) is 1. The maximum absolute atomic E-state index is 12.4.